The summed E-state index contributed by atoms with van der Waals surface area (Å²) in [6, 6.07) is 0. The molecule has 3 radical (unpaired) electrons. The van der Waals surface area contributed by atoms with Crippen LogP contribution in [0.15, 0.2) is 12.7 Å². The van der Waals surface area contributed by atoms with E-state index in [0.717, 1.165) is 0 Å². The van der Waals surface area contributed by atoms with E-state index in [1.807, 2.05) is 16.3 Å². The average Bonchev–Trinajstić information content (AvgIpc) is 1.38. The van der Waals surface area contributed by atoms with Crippen molar-refractivity contribution in [3.05, 3.63) is 12.7 Å². The molecule has 0 aromatic carbocycles. The molecule has 0 saturated carbocycles. The minimum absolute atomic E-state index is 0. The fourth-order valence-electron chi connectivity index (χ4n) is 0. The van der Waals surface area contributed by atoms with Crippen LogP contribution in [0, 0.1) is 0 Å². The summed E-state index contributed by atoms with van der Waals surface area (Å²) in [5.74, 6) is 0. The first-order valence-corrected chi connectivity index (χ1v) is 1.77. The SMILES string of the molecule is C=C[C](=O)[Al].[Cu].[Ni]. The summed E-state index contributed by atoms with van der Waals surface area (Å²) < 4.78 is -0.0648. The standard InChI is InChI=1S/C3H3O.Al.Cu.Ni/c1-2-3-4;;;/h2H,1H2;;;. The van der Waals surface area contributed by atoms with Gasteiger partial charge in [0, 0.05) is 38.2 Å². The Hall–Kier alpha value is 0.955. The van der Waals surface area contributed by atoms with Crippen LogP contribution in [0.1, 0.15) is 0 Å². The summed E-state index contributed by atoms with van der Waals surface area (Å²) >= 11 is 1.98. The Labute approximate surface area is 71.7 Å². The second-order valence-corrected chi connectivity index (χ2v) is 1.18. The number of hydrogen-bond acceptors (Lipinski definition) is 1. The van der Waals surface area contributed by atoms with Gasteiger partial charge in [0.25, 0.3) is 0 Å². The van der Waals surface area contributed by atoms with Crippen molar-refractivity contribution in [1.29, 1.82) is 0 Å². The normalized spacial score (nSPS) is 4.57. The van der Waals surface area contributed by atoms with Gasteiger partial charge in [0.05, 0.1) is 0 Å². The number of carbonyl (C=O) groups excluding carboxylic acids is 1. The third kappa shape index (κ3) is 19.6. The molecule has 0 unspecified atom stereocenters. The molecule has 0 bridgehead atoms. The summed E-state index contributed by atoms with van der Waals surface area (Å²) in [7, 11) is 0. The Morgan fingerprint density at radius 1 is 1.71 bits per heavy atom. The van der Waals surface area contributed by atoms with E-state index in [9.17, 15) is 4.79 Å². The first-order chi connectivity index (χ1) is 2.27. The van der Waals surface area contributed by atoms with Crippen LogP contribution in [0.3, 0.4) is 0 Å². The van der Waals surface area contributed by atoms with Crippen molar-refractivity contribution in [2.75, 3.05) is 0 Å². The molecular formula is C3H3AlCuNiO. The summed E-state index contributed by atoms with van der Waals surface area (Å²) in [4.78, 5) is 9.66. The van der Waals surface area contributed by atoms with Crippen molar-refractivity contribution in [3.63, 3.8) is 0 Å². The van der Waals surface area contributed by atoms with Gasteiger partial charge >= 0.3 is 0 Å². The molecule has 0 heterocycles. The molecule has 0 aliphatic carbocycles. The van der Waals surface area contributed by atoms with E-state index < -0.39 is 0 Å². The van der Waals surface area contributed by atoms with Gasteiger partial charge in [-0.15, -0.1) is 0 Å². The minimum Gasteiger partial charge on any atom is -0.319 e. The average molecular weight is 204 g/mol. The molecule has 0 atom stereocenters. The number of carbonyl (C=O) groups is 1. The van der Waals surface area contributed by atoms with Crippen LogP contribution in [-0.4, -0.2) is 20.9 Å². The smallest absolute Gasteiger partial charge is 0.249 e. The quantitative estimate of drug-likeness (QED) is 0.429. The Balaban J connectivity index is -0.0000000800. The van der Waals surface area contributed by atoms with E-state index >= 15 is 0 Å². The Bertz CT molecular complexity index is 66.0. The third-order valence-electron chi connectivity index (χ3n) is 0.201. The van der Waals surface area contributed by atoms with Gasteiger partial charge in [0.1, 0.15) is 0 Å². The molecule has 0 N–H and O–H groups in total. The predicted molar refractivity (Wildman–Crippen MR) is 21.0 cm³/mol. The fourth-order valence-corrected chi connectivity index (χ4v) is 0. The Morgan fingerprint density at radius 2 is 1.86 bits per heavy atom. The molecule has 0 rings (SSSR count). The second kappa shape index (κ2) is 10.0. The van der Waals surface area contributed by atoms with E-state index in [0.29, 0.717) is 0 Å². The molecule has 0 aromatic rings. The van der Waals surface area contributed by atoms with Gasteiger partial charge in [0.15, 0.2) is 0 Å². The maximum absolute atomic E-state index is 9.66. The molecule has 0 aliphatic heterocycles. The van der Waals surface area contributed by atoms with Crippen molar-refractivity contribution in [2.24, 2.45) is 0 Å². The van der Waals surface area contributed by atoms with Gasteiger partial charge < -0.3 is 4.79 Å². The van der Waals surface area contributed by atoms with Gasteiger partial charge in [-0.2, -0.15) is 0 Å². The van der Waals surface area contributed by atoms with E-state index in [4.69, 9.17) is 0 Å². The molecule has 0 saturated heterocycles. The number of rotatable bonds is 1. The fraction of sp³-hybridized carbons (Fsp3) is 0. The molecule has 0 spiro atoms. The van der Waals surface area contributed by atoms with E-state index in [1.165, 1.54) is 6.08 Å². The number of allylic oxidation sites excluding steroid dienone is 1. The van der Waals surface area contributed by atoms with Gasteiger partial charge in [-0.1, -0.05) is 6.58 Å². The zero-order chi connectivity index (χ0) is 4.28. The monoisotopic (exact) mass is 203 g/mol. The third-order valence-corrected chi connectivity index (χ3v) is 0.437. The Morgan fingerprint density at radius 3 is 1.86 bits per heavy atom. The van der Waals surface area contributed by atoms with Crippen LogP contribution in [-0.2, 0) is 38.4 Å². The van der Waals surface area contributed by atoms with Gasteiger partial charge in [-0.05, 0) is 6.08 Å². The first kappa shape index (κ1) is 15.7. The molecular weight excluding hydrogens is 201 g/mol. The largest absolute Gasteiger partial charge is 0.319 e. The van der Waals surface area contributed by atoms with Crippen molar-refractivity contribution >= 4 is 20.9 Å². The zero-order valence-electron chi connectivity index (χ0n) is 3.39. The molecule has 4 heteroatoms. The molecule has 7 heavy (non-hydrogen) atoms. The van der Waals surface area contributed by atoms with Crippen molar-refractivity contribution < 1.29 is 38.4 Å². The van der Waals surface area contributed by atoms with E-state index in [2.05, 4.69) is 6.58 Å². The van der Waals surface area contributed by atoms with Crippen LogP contribution in [0.4, 0.5) is 0 Å². The van der Waals surface area contributed by atoms with Crippen LogP contribution in [0.25, 0.3) is 0 Å². The second-order valence-electron chi connectivity index (χ2n) is 0.606. The van der Waals surface area contributed by atoms with Crippen LogP contribution < -0.4 is 0 Å². The van der Waals surface area contributed by atoms with Crippen LogP contribution in [0.2, 0.25) is 0 Å². The molecule has 0 fully saturated rings. The topological polar surface area (TPSA) is 17.1 Å². The zero-order valence-corrected chi connectivity index (χ0v) is 6.47. The minimum atomic E-state index is -0.0648. The predicted octanol–water partition coefficient (Wildman–Crippen LogP) is -0.137. The van der Waals surface area contributed by atoms with E-state index in [-0.39, 0.29) is 38.2 Å². The van der Waals surface area contributed by atoms with Crippen LogP contribution >= 0.6 is 0 Å². The number of hydrogen-bond donors (Lipinski definition) is 0. The maximum atomic E-state index is 9.66. The van der Waals surface area contributed by atoms with Crippen molar-refractivity contribution in [3.8, 4) is 0 Å². The molecule has 0 aromatic heterocycles. The van der Waals surface area contributed by atoms with Crippen molar-refractivity contribution in [1.82, 2.24) is 0 Å². The summed E-state index contributed by atoms with van der Waals surface area (Å²) in [5, 5.41) is 0. The summed E-state index contributed by atoms with van der Waals surface area (Å²) in [6.45, 7) is 3.19. The molecule has 0 amide bonds. The molecule has 0 aliphatic rings. The van der Waals surface area contributed by atoms with Crippen molar-refractivity contribution in [2.45, 2.75) is 0 Å². The van der Waals surface area contributed by atoms with Gasteiger partial charge in [-0.3, -0.25) is 0 Å². The summed E-state index contributed by atoms with van der Waals surface area (Å²) in [5.41, 5.74) is 0. The summed E-state index contributed by atoms with van der Waals surface area (Å²) in [6.07, 6.45) is 1.24. The first-order valence-electron chi connectivity index (χ1n) is 1.19. The van der Waals surface area contributed by atoms with E-state index in [1.54, 1.807) is 0 Å². The maximum Gasteiger partial charge on any atom is 0.249 e. The molecule has 45 valence electrons. The van der Waals surface area contributed by atoms with Gasteiger partial charge in [0.2, 0.25) is 16.3 Å². The van der Waals surface area contributed by atoms with Crippen LogP contribution in [0.5, 0.6) is 0 Å². The molecule has 1 nitrogen and oxygen atoms in total. The Kier molecular flexibility index (Phi) is 22.5. The van der Waals surface area contributed by atoms with Gasteiger partial charge in [-0.25, -0.2) is 0 Å².